The van der Waals surface area contributed by atoms with Gasteiger partial charge in [-0.2, -0.15) is 4.89 Å². The largest absolute Gasteiger partial charge is 0.495 e. The standard InChI is InChI=1S/C24H24N6O3/c1-31-20-5-3-2-4-19(20)30-16-27-22-23(25-15-26-24(22)30)29-10-8-28(9-11-29)13-17-6-7-18-14-32-33-21(18)12-17/h2-7,12,15-16H,8-11,13-14H2,1H3. The lowest BCUT2D eigenvalue weighted by molar-refractivity contribution is -0.194. The SMILES string of the molecule is COc1ccccc1-n1cnc2c(N3CCN(Cc4ccc5c(c4)OOC5)CC3)ncnc21. The monoisotopic (exact) mass is 444 g/mol. The van der Waals surface area contributed by atoms with Gasteiger partial charge in [0.25, 0.3) is 0 Å². The van der Waals surface area contributed by atoms with E-state index in [0.717, 1.165) is 72.5 Å². The number of piperazine rings is 1. The Morgan fingerprint density at radius 1 is 1.00 bits per heavy atom. The number of para-hydroxylation sites is 2. The highest BCUT2D eigenvalue weighted by Crippen LogP contribution is 2.30. The number of fused-ring (bicyclic) bond motifs is 2. The Morgan fingerprint density at radius 3 is 2.76 bits per heavy atom. The third-order valence-electron chi connectivity index (χ3n) is 6.23. The number of methoxy groups -OCH3 is 1. The van der Waals surface area contributed by atoms with Gasteiger partial charge >= 0.3 is 0 Å². The minimum absolute atomic E-state index is 0.522. The summed E-state index contributed by atoms with van der Waals surface area (Å²) in [5.41, 5.74) is 4.80. The van der Waals surface area contributed by atoms with Gasteiger partial charge in [-0.15, -0.1) is 0 Å². The Bertz CT molecular complexity index is 1300. The van der Waals surface area contributed by atoms with Crippen molar-refractivity contribution in [3.8, 4) is 17.2 Å². The average molecular weight is 444 g/mol. The van der Waals surface area contributed by atoms with Gasteiger partial charge in [-0.25, -0.2) is 15.0 Å². The summed E-state index contributed by atoms with van der Waals surface area (Å²) < 4.78 is 7.48. The zero-order chi connectivity index (χ0) is 22.2. The summed E-state index contributed by atoms with van der Waals surface area (Å²) in [6.45, 7) is 5.03. The van der Waals surface area contributed by atoms with Crippen LogP contribution in [-0.2, 0) is 18.0 Å². The molecule has 33 heavy (non-hydrogen) atoms. The molecule has 1 saturated heterocycles. The fraction of sp³-hybridized carbons (Fsp3) is 0.292. The van der Waals surface area contributed by atoms with Crippen molar-refractivity contribution in [2.45, 2.75) is 13.2 Å². The number of ether oxygens (including phenoxy) is 1. The quantitative estimate of drug-likeness (QED) is 0.435. The lowest BCUT2D eigenvalue weighted by atomic mass is 10.1. The summed E-state index contributed by atoms with van der Waals surface area (Å²) in [6, 6.07) is 14.2. The Labute approximate surface area is 191 Å². The number of hydrogen-bond donors (Lipinski definition) is 0. The third kappa shape index (κ3) is 3.65. The average Bonchev–Trinajstić information content (AvgIpc) is 3.51. The van der Waals surface area contributed by atoms with Gasteiger partial charge < -0.3 is 14.5 Å². The summed E-state index contributed by atoms with van der Waals surface area (Å²) in [5.74, 6) is 2.48. The molecule has 0 N–H and O–H groups in total. The van der Waals surface area contributed by atoms with Crippen LogP contribution in [0.3, 0.4) is 0 Å². The molecule has 2 aliphatic rings. The van der Waals surface area contributed by atoms with E-state index >= 15 is 0 Å². The van der Waals surface area contributed by atoms with Crippen LogP contribution in [0, 0.1) is 0 Å². The van der Waals surface area contributed by atoms with Crippen molar-refractivity contribution in [1.82, 2.24) is 24.4 Å². The Balaban J connectivity index is 1.20. The molecule has 0 atom stereocenters. The molecule has 168 valence electrons. The van der Waals surface area contributed by atoms with Crippen molar-refractivity contribution in [3.05, 3.63) is 66.2 Å². The van der Waals surface area contributed by atoms with Crippen molar-refractivity contribution in [3.63, 3.8) is 0 Å². The zero-order valence-corrected chi connectivity index (χ0v) is 18.3. The molecule has 4 aromatic rings. The van der Waals surface area contributed by atoms with Crippen molar-refractivity contribution >= 4 is 17.0 Å². The first-order valence-corrected chi connectivity index (χ1v) is 11.0. The predicted molar refractivity (Wildman–Crippen MR) is 123 cm³/mol. The first-order chi connectivity index (χ1) is 16.3. The minimum Gasteiger partial charge on any atom is -0.495 e. The van der Waals surface area contributed by atoms with E-state index in [2.05, 4.69) is 43.0 Å². The van der Waals surface area contributed by atoms with Crippen molar-refractivity contribution in [2.24, 2.45) is 0 Å². The van der Waals surface area contributed by atoms with Crippen LogP contribution in [0.15, 0.2) is 55.1 Å². The predicted octanol–water partition coefficient (Wildman–Crippen LogP) is 2.97. The molecule has 9 heteroatoms. The number of rotatable bonds is 5. The van der Waals surface area contributed by atoms with Gasteiger partial charge in [-0.05, 0) is 23.8 Å². The van der Waals surface area contributed by atoms with E-state index in [-0.39, 0.29) is 0 Å². The second-order valence-corrected chi connectivity index (χ2v) is 8.21. The van der Waals surface area contributed by atoms with Gasteiger partial charge in [0, 0.05) is 38.3 Å². The molecule has 2 aliphatic heterocycles. The van der Waals surface area contributed by atoms with E-state index in [1.807, 2.05) is 28.8 Å². The summed E-state index contributed by atoms with van der Waals surface area (Å²) in [4.78, 5) is 28.8. The van der Waals surface area contributed by atoms with Gasteiger partial charge in [-0.3, -0.25) is 9.47 Å². The molecule has 0 bridgehead atoms. The van der Waals surface area contributed by atoms with Crippen LogP contribution in [-0.4, -0.2) is 57.7 Å². The van der Waals surface area contributed by atoms with Gasteiger partial charge in [0.2, 0.25) is 0 Å². The smallest absolute Gasteiger partial charge is 0.171 e. The summed E-state index contributed by atoms with van der Waals surface area (Å²) in [7, 11) is 1.67. The molecule has 0 amide bonds. The normalized spacial score (nSPS) is 16.1. The maximum atomic E-state index is 5.53. The molecule has 0 unspecified atom stereocenters. The molecule has 1 fully saturated rings. The van der Waals surface area contributed by atoms with E-state index in [9.17, 15) is 0 Å². The second-order valence-electron chi connectivity index (χ2n) is 8.21. The Kier molecular flexibility index (Phi) is 5.04. The lowest BCUT2D eigenvalue weighted by Gasteiger charge is -2.35. The number of aromatic nitrogens is 4. The fourth-order valence-corrected chi connectivity index (χ4v) is 4.49. The van der Waals surface area contributed by atoms with Crippen LogP contribution in [0.4, 0.5) is 5.82 Å². The van der Waals surface area contributed by atoms with Gasteiger partial charge in [0.1, 0.15) is 25.0 Å². The van der Waals surface area contributed by atoms with Crippen LogP contribution in [0.1, 0.15) is 11.1 Å². The summed E-state index contributed by atoms with van der Waals surface area (Å²) in [6.07, 6.45) is 3.40. The maximum absolute atomic E-state index is 5.53. The Morgan fingerprint density at radius 2 is 1.88 bits per heavy atom. The number of anilines is 1. The molecule has 2 aromatic heterocycles. The molecule has 0 radical (unpaired) electrons. The molecule has 0 aliphatic carbocycles. The van der Waals surface area contributed by atoms with E-state index < -0.39 is 0 Å². The molecule has 4 heterocycles. The topological polar surface area (TPSA) is 77.8 Å². The van der Waals surface area contributed by atoms with E-state index in [1.54, 1.807) is 19.8 Å². The molecule has 0 saturated carbocycles. The third-order valence-corrected chi connectivity index (χ3v) is 6.23. The summed E-state index contributed by atoms with van der Waals surface area (Å²) in [5, 5.41) is 0. The van der Waals surface area contributed by atoms with Crippen LogP contribution < -0.4 is 14.5 Å². The number of hydrogen-bond acceptors (Lipinski definition) is 8. The molecule has 6 rings (SSSR count). The molecule has 0 spiro atoms. The first kappa shape index (κ1) is 20.0. The number of benzene rings is 2. The molecular formula is C24H24N6O3. The first-order valence-electron chi connectivity index (χ1n) is 11.0. The zero-order valence-electron chi connectivity index (χ0n) is 18.3. The van der Waals surface area contributed by atoms with Crippen molar-refractivity contribution < 1.29 is 14.5 Å². The van der Waals surface area contributed by atoms with Crippen LogP contribution >= 0.6 is 0 Å². The fourth-order valence-electron chi connectivity index (χ4n) is 4.49. The Hall–Kier alpha value is -3.69. The number of nitrogens with zero attached hydrogens (tertiary/aromatic N) is 6. The van der Waals surface area contributed by atoms with Gasteiger partial charge in [-0.1, -0.05) is 24.3 Å². The minimum atomic E-state index is 0.522. The second kappa shape index (κ2) is 8.34. The highest BCUT2D eigenvalue weighted by atomic mass is 17.2. The van der Waals surface area contributed by atoms with E-state index in [4.69, 9.17) is 14.5 Å². The van der Waals surface area contributed by atoms with Crippen LogP contribution in [0.25, 0.3) is 16.9 Å². The van der Waals surface area contributed by atoms with E-state index in [1.165, 1.54) is 5.56 Å². The van der Waals surface area contributed by atoms with Crippen molar-refractivity contribution in [1.29, 1.82) is 0 Å². The number of imidazole rings is 1. The summed E-state index contributed by atoms with van der Waals surface area (Å²) >= 11 is 0. The van der Waals surface area contributed by atoms with E-state index in [0.29, 0.717) is 6.61 Å². The van der Waals surface area contributed by atoms with Gasteiger partial charge in [0.15, 0.2) is 22.7 Å². The lowest BCUT2D eigenvalue weighted by Crippen LogP contribution is -2.46. The highest BCUT2D eigenvalue weighted by molar-refractivity contribution is 5.85. The van der Waals surface area contributed by atoms with Crippen LogP contribution in [0.2, 0.25) is 0 Å². The van der Waals surface area contributed by atoms with Gasteiger partial charge in [0.05, 0.1) is 12.8 Å². The highest BCUT2D eigenvalue weighted by Gasteiger charge is 2.23. The van der Waals surface area contributed by atoms with Crippen LogP contribution in [0.5, 0.6) is 11.5 Å². The molecule has 9 nitrogen and oxygen atoms in total. The van der Waals surface area contributed by atoms with Crippen molar-refractivity contribution in [2.75, 3.05) is 38.2 Å². The maximum Gasteiger partial charge on any atom is 0.171 e. The molecular weight excluding hydrogens is 420 g/mol. The molecule has 2 aromatic carbocycles.